The highest BCUT2D eigenvalue weighted by molar-refractivity contribution is 5.93. The van der Waals surface area contributed by atoms with Crippen LogP contribution in [0.25, 0.3) is 0 Å². The standard InChI is InChI=1S/C12H20N4O/c1-3-16-11(13)7-10(14-16)12(17)15-6-4-5-9(2)8-15/h7,9H,3-6,8,13H2,1-2H3/t9-/m0/s1. The maximum Gasteiger partial charge on any atom is 0.274 e. The van der Waals surface area contributed by atoms with E-state index in [0.717, 1.165) is 19.5 Å². The van der Waals surface area contributed by atoms with Crippen molar-refractivity contribution >= 4 is 11.7 Å². The molecule has 5 nitrogen and oxygen atoms in total. The number of aromatic nitrogens is 2. The molecule has 94 valence electrons. The van der Waals surface area contributed by atoms with Crippen LogP contribution in [0.15, 0.2) is 6.07 Å². The molecule has 1 atom stereocenters. The number of likely N-dealkylation sites (tertiary alicyclic amines) is 1. The van der Waals surface area contributed by atoms with E-state index in [-0.39, 0.29) is 5.91 Å². The number of carbonyl (C=O) groups is 1. The predicted molar refractivity (Wildman–Crippen MR) is 66.6 cm³/mol. The van der Waals surface area contributed by atoms with Gasteiger partial charge in [0.2, 0.25) is 0 Å². The molecule has 1 amide bonds. The highest BCUT2D eigenvalue weighted by atomic mass is 16.2. The Bertz CT molecular complexity index is 413. The van der Waals surface area contributed by atoms with Crippen LogP contribution in [0.3, 0.4) is 0 Å². The van der Waals surface area contributed by atoms with Gasteiger partial charge in [-0.2, -0.15) is 5.10 Å². The van der Waals surface area contributed by atoms with Crippen molar-refractivity contribution in [2.45, 2.75) is 33.2 Å². The number of nitrogens with zero attached hydrogens (tertiary/aromatic N) is 3. The number of anilines is 1. The van der Waals surface area contributed by atoms with Crippen molar-refractivity contribution in [2.24, 2.45) is 5.92 Å². The Morgan fingerprint density at radius 1 is 1.65 bits per heavy atom. The predicted octanol–water partition coefficient (Wildman–Crippen LogP) is 1.36. The molecule has 17 heavy (non-hydrogen) atoms. The van der Waals surface area contributed by atoms with Gasteiger partial charge in [0, 0.05) is 25.7 Å². The number of aryl methyl sites for hydroxylation is 1. The van der Waals surface area contributed by atoms with Gasteiger partial charge in [-0.25, -0.2) is 4.68 Å². The lowest BCUT2D eigenvalue weighted by Gasteiger charge is -2.30. The van der Waals surface area contributed by atoms with Gasteiger partial charge in [0.15, 0.2) is 5.69 Å². The first-order valence-electron chi connectivity index (χ1n) is 6.24. The second-order valence-electron chi connectivity index (χ2n) is 4.77. The highest BCUT2D eigenvalue weighted by Gasteiger charge is 2.24. The van der Waals surface area contributed by atoms with Crippen molar-refractivity contribution in [1.29, 1.82) is 0 Å². The molecule has 1 aliphatic heterocycles. The van der Waals surface area contributed by atoms with Crippen LogP contribution >= 0.6 is 0 Å². The lowest BCUT2D eigenvalue weighted by molar-refractivity contribution is 0.0676. The normalized spacial score (nSPS) is 20.6. The summed E-state index contributed by atoms with van der Waals surface area (Å²) >= 11 is 0. The first-order chi connectivity index (χ1) is 8.11. The van der Waals surface area contributed by atoms with Crippen LogP contribution in [-0.4, -0.2) is 33.7 Å². The van der Waals surface area contributed by atoms with Gasteiger partial charge in [0.1, 0.15) is 5.82 Å². The molecule has 0 radical (unpaired) electrons. The molecule has 2 N–H and O–H groups in total. The van der Waals surface area contributed by atoms with E-state index in [2.05, 4.69) is 12.0 Å². The van der Waals surface area contributed by atoms with E-state index in [1.165, 1.54) is 6.42 Å². The van der Waals surface area contributed by atoms with Crippen molar-refractivity contribution in [3.63, 3.8) is 0 Å². The molecule has 1 fully saturated rings. The minimum Gasteiger partial charge on any atom is -0.384 e. The van der Waals surface area contributed by atoms with Crippen LogP contribution in [0, 0.1) is 5.92 Å². The number of rotatable bonds is 2. The zero-order valence-corrected chi connectivity index (χ0v) is 10.5. The van der Waals surface area contributed by atoms with E-state index < -0.39 is 0 Å². The minimum atomic E-state index is 0.00968. The van der Waals surface area contributed by atoms with Crippen molar-refractivity contribution in [2.75, 3.05) is 18.8 Å². The molecule has 5 heteroatoms. The van der Waals surface area contributed by atoms with Crippen LogP contribution in [0.4, 0.5) is 5.82 Å². The summed E-state index contributed by atoms with van der Waals surface area (Å²) in [4.78, 5) is 14.1. The quantitative estimate of drug-likeness (QED) is 0.843. The van der Waals surface area contributed by atoms with Gasteiger partial charge in [-0.3, -0.25) is 4.79 Å². The van der Waals surface area contributed by atoms with Crippen molar-refractivity contribution < 1.29 is 4.79 Å². The molecule has 0 spiro atoms. The monoisotopic (exact) mass is 236 g/mol. The molecule has 2 rings (SSSR count). The third kappa shape index (κ3) is 2.43. The summed E-state index contributed by atoms with van der Waals surface area (Å²) in [6, 6.07) is 1.67. The van der Waals surface area contributed by atoms with Crippen LogP contribution in [0.2, 0.25) is 0 Å². The SMILES string of the molecule is CCn1nc(C(=O)N2CCC[C@H](C)C2)cc1N. The molecule has 0 aromatic carbocycles. The number of hydrogen-bond donors (Lipinski definition) is 1. The summed E-state index contributed by atoms with van der Waals surface area (Å²) in [5.41, 5.74) is 6.25. The fourth-order valence-corrected chi connectivity index (χ4v) is 2.32. The van der Waals surface area contributed by atoms with E-state index in [1.807, 2.05) is 11.8 Å². The maximum atomic E-state index is 12.2. The van der Waals surface area contributed by atoms with Gasteiger partial charge in [0.25, 0.3) is 5.91 Å². The largest absolute Gasteiger partial charge is 0.384 e. The second kappa shape index (κ2) is 4.77. The van der Waals surface area contributed by atoms with Gasteiger partial charge in [-0.1, -0.05) is 6.92 Å². The van der Waals surface area contributed by atoms with Gasteiger partial charge < -0.3 is 10.6 Å². The van der Waals surface area contributed by atoms with E-state index in [1.54, 1.807) is 10.7 Å². The summed E-state index contributed by atoms with van der Waals surface area (Å²) in [6.07, 6.45) is 2.28. The Labute approximate surface area is 102 Å². The molecule has 1 saturated heterocycles. The lowest BCUT2D eigenvalue weighted by Crippen LogP contribution is -2.39. The van der Waals surface area contributed by atoms with Crippen LogP contribution in [-0.2, 0) is 6.54 Å². The van der Waals surface area contributed by atoms with Gasteiger partial charge in [0.05, 0.1) is 0 Å². The average molecular weight is 236 g/mol. The molecular formula is C12H20N4O. The molecule has 1 aliphatic rings. The Morgan fingerprint density at radius 2 is 2.41 bits per heavy atom. The molecule has 0 saturated carbocycles. The molecule has 2 heterocycles. The minimum absolute atomic E-state index is 0.00968. The molecule has 1 aromatic heterocycles. The Kier molecular flexibility index (Phi) is 3.36. The fourth-order valence-electron chi connectivity index (χ4n) is 2.32. The summed E-state index contributed by atoms with van der Waals surface area (Å²) in [6.45, 7) is 6.49. The highest BCUT2D eigenvalue weighted by Crippen LogP contribution is 2.18. The van der Waals surface area contributed by atoms with E-state index in [0.29, 0.717) is 24.0 Å². The first kappa shape index (κ1) is 12.0. The molecule has 0 bridgehead atoms. The number of nitrogens with two attached hydrogens (primary N) is 1. The van der Waals surface area contributed by atoms with Crippen molar-refractivity contribution in [1.82, 2.24) is 14.7 Å². The topological polar surface area (TPSA) is 64.2 Å². The van der Waals surface area contributed by atoms with Gasteiger partial charge in [-0.15, -0.1) is 0 Å². The van der Waals surface area contributed by atoms with E-state index >= 15 is 0 Å². The number of nitrogen functional groups attached to an aromatic ring is 1. The Morgan fingerprint density at radius 3 is 3.00 bits per heavy atom. The molecular weight excluding hydrogens is 216 g/mol. The zero-order chi connectivity index (χ0) is 12.4. The fraction of sp³-hybridized carbons (Fsp3) is 0.667. The Balaban J connectivity index is 2.13. The van der Waals surface area contributed by atoms with Crippen LogP contribution in [0.1, 0.15) is 37.2 Å². The number of piperidine rings is 1. The van der Waals surface area contributed by atoms with Crippen LogP contribution < -0.4 is 5.73 Å². The summed E-state index contributed by atoms with van der Waals surface area (Å²) in [7, 11) is 0. The molecule has 1 aromatic rings. The maximum absolute atomic E-state index is 12.2. The van der Waals surface area contributed by atoms with Gasteiger partial charge in [-0.05, 0) is 25.7 Å². The third-order valence-electron chi connectivity index (χ3n) is 3.27. The average Bonchev–Trinajstić information content (AvgIpc) is 2.69. The number of carbonyl (C=O) groups excluding carboxylic acids is 1. The summed E-state index contributed by atoms with van der Waals surface area (Å²) in [5.74, 6) is 1.15. The van der Waals surface area contributed by atoms with Crippen LogP contribution in [0.5, 0.6) is 0 Å². The molecule has 0 unspecified atom stereocenters. The third-order valence-corrected chi connectivity index (χ3v) is 3.27. The van der Waals surface area contributed by atoms with Crippen molar-refractivity contribution in [3.05, 3.63) is 11.8 Å². The first-order valence-corrected chi connectivity index (χ1v) is 6.24. The second-order valence-corrected chi connectivity index (χ2v) is 4.77. The molecule has 0 aliphatic carbocycles. The van der Waals surface area contributed by atoms with Crippen molar-refractivity contribution in [3.8, 4) is 0 Å². The number of amides is 1. The van der Waals surface area contributed by atoms with Gasteiger partial charge >= 0.3 is 0 Å². The van der Waals surface area contributed by atoms with E-state index in [9.17, 15) is 4.79 Å². The zero-order valence-electron chi connectivity index (χ0n) is 10.5. The summed E-state index contributed by atoms with van der Waals surface area (Å²) < 4.78 is 1.65. The number of hydrogen-bond acceptors (Lipinski definition) is 3. The smallest absolute Gasteiger partial charge is 0.274 e. The van der Waals surface area contributed by atoms with E-state index in [4.69, 9.17) is 5.73 Å². The summed E-state index contributed by atoms with van der Waals surface area (Å²) in [5, 5.41) is 4.23. The Hall–Kier alpha value is -1.52. The lowest BCUT2D eigenvalue weighted by atomic mass is 10.00.